The van der Waals surface area contributed by atoms with Gasteiger partial charge in [-0.25, -0.2) is 4.79 Å². The fourth-order valence-corrected chi connectivity index (χ4v) is 2.09. The Labute approximate surface area is 119 Å². The van der Waals surface area contributed by atoms with Crippen LogP contribution >= 0.6 is 11.6 Å². The number of carbonyl (C=O) groups excluding carboxylic acids is 1. The second kappa shape index (κ2) is 5.99. The van der Waals surface area contributed by atoms with E-state index in [4.69, 9.17) is 28.5 Å². The molecular formula is C15H18ClNO2. The molecule has 1 unspecified atom stereocenters. The molecule has 0 aliphatic heterocycles. The Balaban J connectivity index is 3.10. The van der Waals surface area contributed by atoms with Crippen molar-refractivity contribution in [3.05, 3.63) is 34.3 Å². The quantitative estimate of drug-likeness (QED) is 0.853. The molecule has 0 aliphatic rings. The molecule has 1 atom stereocenters. The topological polar surface area (TPSA) is 52.3 Å². The molecule has 4 heteroatoms. The van der Waals surface area contributed by atoms with E-state index in [2.05, 4.69) is 5.92 Å². The lowest BCUT2D eigenvalue weighted by molar-refractivity contribution is 0.0790. The van der Waals surface area contributed by atoms with Crippen molar-refractivity contribution in [2.24, 2.45) is 11.1 Å². The predicted molar refractivity (Wildman–Crippen MR) is 76.9 cm³/mol. The third kappa shape index (κ3) is 4.84. The number of ether oxygens (including phenoxy) is 1. The molecule has 0 heterocycles. The van der Waals surface area contributed by atoms with Crippen LogP contribution in [-0.4, -0.2) is 6.09 Å². The van der Waals surface area contributed by atoms with Crippen LogP contribution < -0.4 is 5.73 Å². The van der Waals surface area contributed by atoms with E-state index in [0.29, 0.717) is 17.0 Å². The molecule has 19 heavy (non-hydrogen) atoms. The zero-order chi connectivity index (χ0) is 14.6. The van der Waals surface area contributed by atoms with Crippen molar-refractivity contribution in [2.75, 3.05) is 0 Å². The van der Waals surface area contributed by atoms with E-state index in [1.54, 1.807) is 18.2 Å². The molecule has 3 nitrogen and oxygen atoms in total. The molecule has 0 aromatic heterocycles. The van der Waals surface area contributed by atoms with Gasteiger partial charge in [-0.15, -0.1) is 6.42 Å². The minimum atomic E-state index is -0.814. The SMILES string of the molecule is C#Cc1ccc(C(CC(C)(C)C)OC(N)=O)c(Cl)c1. The van der Waals surface area contributed by atoms with Crippen LogP contribution in [0, 0.1) is 17.8 Å². The summed E-state index contributed by atoms with van der Waals surface area (Å²) in [5.74, 6) is 2.51. The van der Waals surface area contributed by atoms with E-state index in [1.807, 2.05) is 20.8 Å². The fraction of sp³-hybridized carbons (Fsp3) is 0.400. The Bertz CT molecular complexity index is 512. The molecule has 2 N–H and O–H groups in total. The van der Waals surface area contributed by atoms with Crippen LogP contribution in [0.1, 0.15) is 44.4 Å². The van der Waals surface area contributed by atoms with Crippen LogP contribution in [0.15, 0.2) is 18.2 Å². The molecule has 1 rings (SSSR count). The number of terminal acetylenes is 1. The first-order valence-corrected chi connectivity index (χ1v) is 6.33. The average Bonchev–Trinajstić information content (AvgIpc) is 2.25. The Morgan fingerprint density at radius 1 is 1.53 bits per heavy atom. The van der Waals surface area contributed by atoms with Gasteiger partial charge < -0.3 is 10.5 Å². The Morgan fingerprint density at radius 3 is 2.58 bits per heavy atom. The van der Waals surface area contributed by atoms with Gasteiger partial charge in [0.25, 0.3) is 0 Å². The van der Waals surface area contributed by atoms with E-state index < -0.39 is 12.2 Å². The van der Waals surface area contributed by atoms with E-state index in [-0.39, 0.29) is 5.41 Å². The first-order valence-electron chi connectivity index (χ1n) is 5.95. The summed E-state index contributed by atoms with van der Waals surface area (Å²) in [6, 6.07) is 5.22. The molecule has 0 spiro atoms. The summed E-state index contributed by atoms with van der Waals surface area (Å²) in [7, 11) is 0. The highest BCUT2D eigenvalue weighted by atomic mass is 35.5. The lowest BCUT2D eigenvalue weighted by atomic mass is 9.86. The van der Waals surface area contributed by atoms with E-state index in [1.165, 1.54) is 0 Å². The maximum atomic E-state index is 11.0. The maximum absolute atomic E-state index is 11.0. The van der Waals surface area contributed by atoms with Crippen LogP contribution in [0.4, 0.5) is 4.79 Å². The number of halogens is 1. The minimum Gasteiger partial charge on any atom is -0.441 e. The first kappa shape index (κ1) is 15.4. The molecule has 1 amide bonds. The second-order valence-corrected chi connectivity index (χ2v) is 5.98. The monoisotopic (exact) mass is 279 g/mol. The zero-order valence-electron chi connectivity index (χ0n) is 11.4. The van der Waals surface area contributed by atoms with Crippen LogP contribution in [0.5, 0.6) is 0 Å². The molecule has 0 bridgehead atoms. The van der Waals surface area contributed by atoms with Gasteiger partial charge in [0.1, 0.15) is 6.10 Å². The van der Waals surface area contributed by atoms with Crippen molar-refractivity contribution in [1.82, 2.24) is 0 Å². The Hall–Kier alpha value is -1.66. The van der Waals surface area contributed by atoms with E-state index >= 15 is 0 Å². The third-order valence-corrected chi connectivity index (χ3v) is 2.90. The summed E-state index contributed by atoms with van der Waals surface area (Å²) >= 11 is 6.19. The first-order chi connectivity index (χ1) is 8.73. The second-order valence-electron chi connectivity index (χ2n) is 5.57. The highest BCUT2D eigenvalue weighted by Gasteiger charge is 2.24. The van der Waals surface area contributed by atoms with Gasteiger partial charge in [-0.3, -0.25) is 0 Å². The van der Waals surface area contributed by atoms with Crippen LogP contribution in [0.2, 0.25) is 5.02 Å². The third-order valence-electron chi connectivity index (χ3n) is 2.57. The smallest absolute Gasteiger partial charge is 0.405 e. The van der Waals surface area contributed by atoms with Crippen molar-refractivity contribution < 1.29 is 9.53 Å². The molecule has 0 saturated carbocycles. The predicted octanol–water partition coefficient (Wildman–Crippen LogP) is 3.89. The van der Waals surface area contributed by atoms with Crippen molar-refractivity contribution in [3.8, 4) is 12.3 Å². The molecule has 0 saturated heterocycles. The summed E-state index contributed by atoms with van der Waals surface area (Å²) < 4.78 is 5.17. The van der Waals surface area contributed by atoms with Crippen LogP contribution in [-0.2, 0) is 4.74 Å². The zero-order valence-corrected chi connectivity index (χ0v) is 12.1. The van der Waals surface area contributed by atoms with Gasteiger partial charge in [0.05, 0.1) is 0 Å². The number of amides is 1. The number of benzene rings is 1. The van der Waals surface area contributed by atoms with Crippen molar-refractivity contribution >= 4 is 17.7 Å². The number of primary amides is 1. The molecule has 0 fully saturated rings. The van der Waals surface area contributed by atoms with Crippen LogP contribution in [0.25, 0.3) is 0 Å². The normalized spacial score (nSPS) is 12.6. The minimum absolute atomic E-state index is 0.0335. The number of hydrogen-bond acceptors (Lipinski definition) is 2. The van der Waals surface area contributed by atoms with Crippen molar-refractivity contribution in [1.29, 1.82) is 0 Å². The molecule has 102 valence electrons. The van der Waals surface area contributed by atoms with Gasteiger partial charge in [-0.05, 0) is 24.0 Å². The number of hydrogen-bond donors (Lipinski definition) is 1. The lowest BCUT2D eigenvalue weighted by Gasteiger charge is -2.26. The molecular weight excluding hydrogens is 262 g/mol. The number of rotatable bonds is 3. The van der Waals surface area contributed by atoms with Gasteiger partial charge in [0, 0.05) is 16.1 Å². The van der Waals surface area contributed by atoms with E-state index in [0.717, 1.165) is 5.56 Å². The number of carbonyl (C=O) groups is 1. The van der Waals surface area contributed by atoms with Crippen molar-refractivity contribution in [2.45, 2.75) is 33.3 Å². The summed E-state index contributed by atoms with van der Waals surface area (Å²) in [4.78, 5) is 11.0. The van der Waals surface area contributed by atoms with Gasteiger partial charge in [-0.1, -0.05) is 44.4 Å². The summed E-state index contributed by atoms with van der Waals surface area (Å²) in [5, 5.41) is 0.478. The summed E-state index contributed by atoms with van der Waals surface area (Å²) in [6.07, 6.45) is 4.64. The Morgan fingerprint density at radius 2 is 2.16 bits per heavy atom. The van der Waals surface area contributed by atoms with Gasteiger partial charge in [0.15, 0.2) is 0 Å². The van der Waals surface area contributed by atoms with E-state index in [9.17, 15) is 4.79 Å². The molecule has 0 radical (unpaired) electrons. The molecule has 1 aromatic rings. The highest BCUT2D eigenvalue weighted by molar-refractivity contribution is 6.31. The summed E-state index contributed by atoms with van der Waals surface area (Å²) in [6.45, 7) is 6.15. The number of nitrogens with two attached hydrogens (primary N) is 1. The average molecular weight is 280 g/mol. The Kier molecular flexibility index (Phi) is 4.85. The van der Waals surface area contributed by atoms with Crippen LogP contribution in [0.3, 0.4) is 0 Å². The molecule has 0 aliphatic carbocycles. The standard InChI is InChI=1S/C15H18ClNO2/c1-5-10-6-7-11(12(16)8-10)13(19-14(17)18)9-15(2,3)4/h1,6-8,13H,9H2,2-4H3,(H2,17,18). The molecule has 1 aromatic carbocycles. The van der Waals surface area contributed by atoms with Crippen molar-refractivity contribution in [3.63, 3.8) is 0 Å². The van der Waals surface area contributed by atoms with Gasteiger partial charge >= 0.3 is 6.09 Å². The highest BCUT2D eigenvalue weighted by Crippen LogP contribution is 2.35. The van der Waals surface area contributed by atoms with Gasteiger partial charge in [-0.2, -0.15) is 0 Å². The largest absolute Gasteiger partial charge is 0.441 e. The lowest BCUT2D eigenvalue weighted by Crippen LogP contribution is -2.21. The maximum Gasteiger partial charge on any atom is 0.405 e. The van der Waals surface area contributed by atoms with Gasteiger partial charge in [0.2, 0.25) is 0 Å². The fourth-order valence-electron chi connectivity index (χ4n) is 1.79. The summed E-state index contributed by atoms with van der Waals surface area (Å²) in [5.41, 5.74) is 6.49.